The van der Waals surface area contributed by atoms with Gasteiger partial charge in [0.15, 0.2) is 5.11 Å². The molecule has 0 amide bonds. The Morgan fingerprint density at radius 2 is 1.94 bits per heavy atom. The zero-order valence-corrected chi connectivity index (χ0v) is 21.2. The molecule has 5 nitrogen and oxygen atoms in total. The van der Waals surface area contributed by atoms with Crippen molar-refractivity contribution in [3.63, 3.8) is 0 Å². The molecule has 33 heavy (non-hydrogen) atoms. The monoisotopic (exact) mass is 520 g/mol. The first kappa shape index (κ1) is 21.9. The molecule has 1 saturated heterocycles. The van der Waals surface area contributed by atoms with Gasteiger partial charge in [-0.05, 0) is 92.6 Å². The van der Waals surface area contributed by atoms with Crippen molar-refractivity contribution in [2.45, 2.75) is 39.4 Å². The van der Waals surface area contributed by atoms with Gasteiger partial charge in [0, 0.05) is 27.7 Å². The Morgan fingerprint density at radius 1 is 1.09 bits per heavy atom. The van der Waals surface area contributed by atoms with Crippen LogP contribution in [0.2, 0.25) is 0 Å². The van der Waals surface area contributed by atoms with Crippen molar-refractivity contribution >= 4 is 38.9 Å². The Bertz CT molecular complexity index is 1300. The molecule has 0 unspecified atom stereocenters. The summed E-state index contributed by atoms with van der Waals surface area (Å²) in [6.45, 7) is 7.11. The fourth-order valence-corrected chi connectivity index (χ4v) is 5.25. The summed E-state index contributed by atoms with van der Waals surface area (Å²) in [5, 5.41) is 4.26. The molecule has 2 atom stereocenters. The van der Waals surface area contributed by atoms with Gasteiger partial charge in [-0.1, -0.05) is 22.0 Å². The van der Waals surface area contributed by atoms with E-state index in [1.165, 1.54) is 22.5 Å². The zero-order chi connectivity index (χ0) is 23.1. The summed E-state index contributed by atoms with van der Waals surface area (Å²) < 4.78 is 9.01. The predicted octanol–water partition coefficient (Wildman–Crippen LogP) is 6.39. The van der Waals surface area contributed by atoms with Crippen LogP contribution in [0.4, 0.5) is 5.69 Å². The lowest BCUT2D eigenvalue weighted by Gasteiger charge is -2.28. The third-order valence-corrected chi connectivity index (χ3v) is 7.55. The molecule has 5 rings (SSSR count). The molecule has 1 fully saturated rings. The maximum absolute atomic E-state index is 5.88. The number of thiocarbonyl (C=S) groups is 1. The molecule has 0 radical (unpaired) electrons. The highest BCUT2D eigenvalue weighted by Crippen LogP contribution is 2.43. The van der Waals surface area contributed by atoms with E-state index in [1.54, 1.807) is 6.26 Å². The van der Waals surface area contributed by atoms with Crippen molar-refractivity contribution in [3.05, 3.63) is 105 Å². The molecule has 1 aliphatic heterocycles. The van der Waals surface area contributed by atoms with E-state index in [4.69, 9.17) is 16.6 Å². The summed E-state index contributed by atoms with van der Waals surface area (Å²) in [5.74, 6) is 0.935. The molecule has 1 aliphatic rings. The second-order valence-corrected chi connectivity index (χ2v) is 9.66. The van der Waals surface area contributed by atoms with Gasteiger partial charge in [0.25, 0.3) is 0 Å². The van der Waals surface area contributed by atoms with E-state index in [0.717, 1.165) is 21.6 Å². The fourth-order valence-electron chi connectivity index (χ4n) is 4.66. The summed E-state index contributed by atoms with van der Waals surface area (Å²) in [6, 6.07) is 18.5. The first-order chi connectivity index (χ1) is 15.9. The number of furan rings is 1. The summed E-state index contributed by atoms with van der Waals surface area (Å²) in [6.07, 6.45) is 3.56. The Balaban J connectivity index is 1.64. The number of aryl methyl sites for hydroxylation is 2. The molecule has 4 heterocycles. The number of anilines is 1. The zero-order valence-electron chi connectivity index (χ0n) is 18.7. The van der Waals surface area contributed by atoms with Crippen LogP contribution < -0.4 is 10.2 Å². The molecule has 7 heteroatoms. The quantitative estimate of drug-likeness (QED) is 0.309. The van der Waals surface area contributed by atoms with Crippen LogP contribution in [-0.4, -0.2) is 14.7 Å². The molecular weight excluding hydrogens is 496 g/mol. The van der Waals surface area contributed by atoms with Crippen molar-refractivity contribution < 1.29 is 4.42 Å². The summed E-state index contributed by atoms with van der Waals surface area (Å²) in [4.78, 5) is 6.90. The Morgan fingerprint density at radius 3 is 2.64 bits per heavy atom. The van der Waals surface area contributed by atoms with Gasteiger partial charge in [-0.15, -0.1) is 0 Å². The van der Waals surface area contributed by atoms with Crippen LogP contribution in [0, 0.1) is 20.8 Å². The Labute approximate surface area is 207 Å². The Hall–Kier alpha value is -2.90. The van der Waals surface area contributed by atoms with Crippen LogP contribution in [0.5, 0.6) is 0 Å². The van der Waals surface area contributed by atoms with Crippen LogP contribution in [0.15, 0.2) is 75.9 Å². The van der Waals surface area contributed by atoms with E-state index in [2.05, 4.69) is 86.8 Å². The molecule has 0 bridgehead atoms. The molecular formula is C26H25BrN4OS. The molecule has 0 aliphatic carbocycles. The summed E-state index contributed by atoms with van der Waals surface area (Å²) in [7, 11) is 0. The van der Waals surface area contributed by atoms with Crippen LogP contribution >= 0.6 is 28.1 Å². The number of benzene rings is 1. The lowest BCUT2D eigenvalue weighted by atomic mass is 9.96. The highest BCUT2D eigenvalue weighted by Gasteiger charge is 2.42. The minimum Gasteiger partial charge on any atom is -0.467 e. The number of nitrogens with one attached hydrogen (secondary N) is 1. The smallest absolute Gasteiger partial charge is 0.174 e. The van der Waals surface area contributed by atoms with E-state index in [9.17, 15) is 0 Å². The lowest BCUT2D eigenvalue weighted by molar-refractivity contribution is 0.488. The van der Waals surface area contributed by atoms with Gasteiger partial charge in [0.2, 0.25) is 0 Å². The summed E-state index contributed by atoms with van der Waals surface area (Å²) in [5.41, 5.74) is 6.80. The fraction of sp³-hybridized carbons (Fsp3) is 0.231. The van der Waals surface area contributed by atoms with Crippen LogP contribution in [0.25, 0.3) is 0 Å². The van der Waals surface area contributed by atoms with Crippen LogP contribution in [-0.2, 0) is 6.54 Å². The number of pyridine rings is 1. The second kappa shape index (κ2) is 8.80. The highest BCUT2D eigenvalue weighted by atomic mass is 79.9. The van der Waals surface area contributed by atoms with E-state index in [-0.39, 0.29) is 12.1 Å². The molecule has 0 spiro atoms. The number of hydrogen-bond acceptors (Lipinski definition) is 3. The van der Waals surface area contributed by atoms with Crippen molar-refractivity contribution in [1.82, 2.24) is 14.9 Å². The first-order valence-electron chi connectivity index (χ1n) is 10.9. The van der Waals surface area contributed by atoms with Gasteiger partial charge in [-0.2, -0.15) is 0 Å². The van der Waals surface area contributed by atoms with Crippen LogP contribution in [0.3, 0.4) is 0 Å². The number of hydrogen-bond donors (Lipinski definition) is 1. The summed E-state index contributed by atoms with van der Waals surface area (Å²) >= 11 is 9.51. The molecule has 3 aromatic heterocycles. The third-order valence-electron chi connectivity index (χ3n) is 6.34. The highest BCUT2D eigenvalue weighted by molar-refractivity contribution is 9.10. The van der Waals surface area contributed by atoms with E-state index >= 15 is 0 Å². The topological polar surface area (TPSA) is 46.2 Å². The lowest BCUT2D eigenvalue weighted by Crippen LogP contribution is -2.29. The van der Waals surface area contributed by atoms with Crippen molar-refractivity contribution in [1.29, 1.82) is 0 Å². The second-order valence-electron chi connectivity index (χ2n) is 8.42. The maximum atomic E-state index is 5.88. The average Bonchev–Trinajstić information content (AvgIpc) is 3.51. The SMILES string of the molecule is Cc1cc(N2C(=S)N[C@@H](c3ccccn3)[C@H]2c2cc(C)n(Cc3ccco3)c2C)ccc1Br. The molecule has 1 aromatic carbocycles. The predicted molar refractivity (Wildman–Crippen MR) is 139 cm³/mol. The minimum absolute atomic E-state index is 0.0375. The van der Waals surface area contributed by atoms with Crippen molar-refractivity contribution in [3.8, 4) is 0 Å². The van der Waals surface area contributed by atoms with Gasteiger partial charge in [-0.3, -0.25) is 4.98 Å². The molecule has 168 valence electrons. The van der Waals surface area contributed by atoms with E-state index < -0.39 is 0 Å². The number of aromatic nitrogens is 2. The minimum atomic E-state index is -0.0692. The Kier molecular flexibility index (Phi) is 5.85. The standard InChI is InChI=1S/C26H25BrN4OS/c1-16-13-19(9-10-22(16)27)31-25(24(29-26(31)33)23-8-4-5-11-28-23)21-14-17(2)30(18(21)3)15-20-7-6-12-32-20/h4-14,24-25H,15H2,1-3H3,(H,29,33)/t24-,25+/m0/s1. The van der Waals surface area contributed by atoms with E-state index in [0.29, 0.717) is 11.7 Å². The normalized spacial score (nSPS) is 18.1. The van der Waals surface area contributed by atoms with Gasteiger partial charge < -0.3 is 19.2 Å². The van der Waals surface area contributed by atoms with Crippen LogP contribution in [0.1, 0.15) is 46.1 Å². The number of rotatable bonds is 5. The van der Waals surface area contributed by atoms with Gasteiger partial charge >= 0.3 is 0 Å². The van der Waals surface area contributed by atoms with E-state index in [1.807, 2.05) is 30.5 Å². The average molecular weight is 521 g/mol. The molecule has 4 aromatic rings. The first-order valence-corrected chi connectivity index (χ1v) is 12.1. The van der Waals surface area contributed by atoms with Gasteiger partial charge in [0.05, 0.1) is 30.6 Å². The largest absolute Gasteiger partial charge is 0.467 e. The van der Waals surface area contributed by atoms with Gasteiger partial charge in [0.1, 0.15) is 5.76 Å². The third kappa shape index (κ3) is 4.00. The maximum Gasteiger partial charge on any atom is 0.174 e. The number of halogens is 1. The van der Waals surface area contributed by atoms with Crippen molar-refractivity contribution in [2.75, 3.05) is 4.90 Å². The van der Waals surface area contributed by atoms with Gasteiger partial charge in [-0.25, -0.2) is 0 Å². The van der Waals surface area contributed by atoms with Crippen molar-refractivity contribution in [2.24, 2.45) is 0 Å². The molecule has 1 N–H and O–H groups in total. The number of nitrogens with zero attached hydrogens (tertiary/aromatic N) is 3. The molecule has 0 saturated carbocycles.